The molecule has 6 rings (SSSR count). The monoisotopic (exact) mass is 374 g/mol. The van der Waals surface area contributed by atoms with Crippen molar-refractivity contribution in [3.63, 3.8) is 0 Å². The molecule has 1 aromatic carbocycles. The molecule has 0 aliphatic carbocycles. The lowest BCUT2D eigenvalue weighted by atomic mass is 9.75. The average Bonchev–Trinajstić information content (AvgIpc) is 3.28. The molecule has 2 aromatic rings. The third-order valence-corrected chi connectivity index (χ3v) is 6.57. The molecule has 4 aliphatic rings. The van der Waals surface area contributed by atoms with Gasteiger partial charge in [-0.2, -0.15) is 4.98 Å². The van der Waals surface area contributed by atoms with Crippen molar-refractivity contribution >= 4 is 0 Å². The van der Waals surface area contributed by atoms with Crippen LogP contribution in [0.25, 0.3) is 0 Å². The fourth-order valence-electron chi connectivity index (χ4n) is 5.48. The first-order valence-corrected chi connectivity index (χ1v) is 9.88. The van der Waals surface area contributed by atoms with Crippen molar-refractivity contribution in [2.75, 3.05) is 19.6 Å². The molecule has 0 spiro atoms. The molecule has 0 N–H and O–H groups in total. The first-order chi connectivity index (χ1) is 13.1. The minimum Gasteiger partial charge on any atom is -0.338 e. The summed E-state index contributed by atoms with van der Waals surface area (Å²) < 4.78 is 33.2. The van der Waals surface area contributed by atoms with Crippen LogP contribution in [0.1, 0.15) is 43.0 Å². The molecule has 5 heterocycles. The van der Waals surface area contributed by atoms with E-state index >= 15 is 0 Å². The molecule has 4 fully saturated rings. The van der Waals surface area contributed by atoms with Crippen molar-refractivity contribution in [1.29, 1.82) is 0 Å². The third-order valence-electron chi connectivity index (χ3n) is 6.57. The Kier molecular flexibility index (Phi) is 4.24. The van der Waals surface area contributed by atoms with Gasteiger partial charge in [0, 0.05) is 37.0 Å². The maximum absolute atomic E-state index is 13.9. The molecule has 0 amide bonds. The predicted octanol–water partition coefficient (Wildman–Crippen LogP) is 2.97. The highest BCUT2D eigenvalue weighted by atomic mass is 19.1. The zero-order chi connectivity index (χ0) is 18.5. The number of likely N-dealkylation sites (tertiary alicyclic amines) is 1. The number of piperidine rings is 3. The molecule has 1 aromatic heterocycles. The van der Waals surface area contributed by atoms with E-state index in [0.29, 0.717) is 30.4 Å². The summed E-state index contributed by atoms with van der Waals surface area (Å²) in [6.45, 7) is 5.52. The lowest BCUT2D eigenvalue weighted by molar-refractivity contribution is -0.0110. The molecule has 5 nitrogen and oxygen atoms in total. The zero-order valence-electron chi connectivity index (χ0n) is 15.4. The van der Waals surface area contributed by atoms with Gasteiger partial charge in [0.05, 0.1) is 6.54 Å². The molecule has 0 unspecified atom stereocenters. The van der Waals surface area contributed by atoms with Crippen LogP contribution in [0.5, 0.6) is 0 Å². The van der Waals surface area contributed by atoms with Gasteiger partial charge in [-0.25, -0.2) is 8.78 Å². The summed E-state index contributed by atoms with van der Waals surface area (Å²) in [4.78, 5) is 9.39. The van der Waals surface area contributed by atoms with Crippen molar-refractivity contribution < 1.29 is 13.3 Å². The second kappa shape index (κ2) is 6.63. The van der Waals surface area contributed by atoms with Crippen LogP contribution in [-0.4, -0.2) is 51.7 Å². The highest BCUT2D eigenvalue weighted by Gasteiger charge is 2.53. The predicted molar refractivity (Wildman–Crippen MR) is 95.1 cm³/mol. The summed E-state index contributed by atoms with van der Waals surface area (Å²) in [5.74, 6) is 1.07. The van der Waals surface area contributed by atoms with Gasteiger partial charge in [-0.05, 0) is 49.5 Å². The van der Waals surface area contributed by atoms with Crippen LogP contribution in [0, 0.1) is 17.6 Å². The second-order valence-corrected chi connectivity index (χ2v) is 8.05. The molecular weight excluding hydrogens is 350 g/mol. The summed E-state index contributed by atoms with van der Waals surface area (Å²) in [5.41, 5.74) is 0.761. The molecule has 2 bridgehead atoms. The fraction of sp³-hybridized carbons (Fsp3) is 0.600. The molecule has 7 heteroatoms. The Hall–Kier alpha value is -1.86. The molecule has 4 saturated heterocycles. The van der Waals surface area contributed by atoms with Crippen molar-refractivity contribution in [3.8, 4) is 0 Å². The van der Waals surface area contributed by atoms with Gasteiger partial charge >= 0.3 is 0 Å². The lowest BCUT2D eigenvalue weighted by Gasteiger charge is -2.51. The maximum Gasteiger partial charge on any atom is 0.240 e. The van der Waals surface area contributed by atoms with Crippen LogP contribution in [-0.2, 0) is 13.0 Å². The Balaban J connectivity index is 1.47. The normalized spacial score (nSPS) is 32.8. The summed E-state index contributed by atoms with van der Waals surface area (Å²) >= 11 is 0. The largest absolute Gasteiger partial charge is 0.338 e. The second-order valence-electron chi connectivity index (χ2n) is 8.05. The van der Waals surface area contributed by atoms with E-state index in [1.165, 1.54) is 25.0 Å². The average molecular weight is 374 g/mol. The molecule has 4 aliphatic heterocycles. The van der Waals surface area contributed by atoms with E-state index in [0.717, 1.165) is 43.5 Å². The Morgan fingerprint density at radius 1 is 1.11 bits per heavy atom. The fourth-order valence-corrected chi connectivity index (χ4v) is 5.48. The van der Waals surface area contributed by atoms with Gasteiger partial charge in [0.2, 0.25) is 5.89 Å². The highest BCUT2D eigenvalue weighted by molar-refractivity contribution is 5.28. The van der Waals surface area contributed by atoms with E-state index in [-0.39, 0.29) is 5.92 Å². The van der Waals surface area contributed by atoms with Gasteiger partial charge in [-0.15, -0.1) is 0 Å². The SMILES string of the molecule is CCc1noc(CN2C[C@@H](c3cc(F)cc(F)c3)[C@@H]3[C@H]2C2CCN3CC2)n1. The van der Waals surface area contributed by atoms with Crippen molar-refractivity contribution in [3.05, 3.63) is 47.1 Å². The minimum atomic E-state index is -0.500. The van der Waals surface area contributed by atoms with E-state index in [2.05, 4.69) is 19.9 Å². The number of hydrogen-bond donors (Lipinski definition) is 0. The lowest BCUT2D eigenvalue weighted by Crippen LogP contribution is -2.60. The van der Waals surface area contributed by atoms with Crippen molar-refractivity contribution in [1.82, 2.24) is 19.9 Å². The molecule has 0 saturated carbocycles. The van der Waals surface area contributed by atoms with Crippen LogP contribution in [0.4, 0.5) is 8.78 Å². The summed E-state index contributed by atoms with van der Waals surface area (Å²) in [6.07, 6.45) is 3.12. The molecule has 27 heavy (non-hydrogen) atoms. The van der Waals surface area contributed by atoms with Crippen LogP contribution < -0.4 is 0 Å². The van der Waals surface area contributed by atoms with Crippen LogP contribution in [0.2, 0.25) is 0 Å². The molecule has 0 radical (unpaired) electrons. The number of benzene rings is 1. The first-order valence-electron chi connectivity index (χ1n) is 9.88. The van der Waals surface area contributed by atoms with Gasteiger partial charge in [0.25, 0.3) is 0 Å². The third kappa shape index (κ3) is 2.97. The van der Waals surface area contributed by atoms with E-state index < -0.39 is 11.6 Å². The number of hydrogen-bond acceptors (Lipinski definition) is 5. The number of aromatic nitrogens is 2. The van der Waals surface area contributed by atoms with E-state index in [1.807, 2.05) is 6.92 Å². The minimum absolute atomic E-state index is 0.0943. The van der Waals surface area contributed by atoms with Gasteiger partial charge in [-0.3, -0.25) is 9.80 Å². The summed E-state index contributed by atoms with van der Waals surface area (Å²) in [6, 6.07) is 4.62. The number of rotatable bonds is 4. The van der Waals surface area contributed by atoms with Crippen LogP contribution in [0.15, 0.2) is 22.7 Å². The van der Waals surface area contributed by atoms with Gasteiger partial charge in [0.1, 0.15) is 11.6 Å². The van der Waals surface area contributed by atoms with E-state index in [4.69, 9.17) is 4.52 Å². The van der Waals surface area contributed by atoms with Crippen LogP contribution >= 0.6 is 0 Å². The number of aryl methyl sites for hydroxylation is 1. The molecular formula is C20H24F2N4O. The van der Waals surface area contributed by atoms with E-state index in [1.54, 1.807) is 0 Å². The Morgan fingerprint density at radius 3 is 2.52 bits per heavy atom. The maximum atomic E-state index is 13.9. The van der Waals surface area contributed by atoms with E-state index in [9.17, 15) is 8.78 Å². The zero-order valence-corrected chi connectivity index (χ0v) is 15.4. The molecule has 144 valence electrons. The van der Waals surface area contributed by atoms with Crippen molar-refractivity contribution in [2.24, 2.45) is 5.92 Å². The standard InChI is InChI=1S/C20H24F2N4O/c1-2-17-23-18(27-24-17)11-26-10-16(13-7-14(21)9-15(22)8-13)20-19(26)12-3-5-25(20)6-4-12/h7-9,12,16,19-20H,2-6,10-11H2,1H3/t16-,19+,20+/m0/s1. The first kappa shape index (κ1) is 17.3. The summed E-state index contributed by atoms with van der Waals surface area (Å²) in [7, 11) is 0. The number of nitrogens with zero attached hydrogens (tertiary/aromatic N) is 4. The smallest absolute Gasteiger partial charge is 0.240 e. The van der Waals surface area contributed by atoms with Gasteiger partial charge < -0.3 is 4.52 Å². The van der Waals surface area contributed by atoms with Gasteiger partial charge in [-0.1, -0.05) is 12.1 Å². The highest BCUT2D eigenvalue weighted by Crippen LogP contribution is 2.47. The quantitative estimate of drug-likeness (QED) is 0.823. The Morgan fingerprint density at radius 2 is 1.85 bits per heavy atom. The Labute approximate surface area is 157 Å². The molecule has 3 atom stereocenters. The summed E-state index contributed by atoms with van der Waals surface area (Å²) in [5, 5.41) is 4.01. The Bertz CT molecular complexity index is 813. The van der Waals surface area contributed by atoms with Crippen molar-refractivity contribution in [2.45, 2.75) is 50.7 Å². The number of fused-ring (bicyclic) bond motifs is 2. The topological polar surface area (TPSA) is 45.4 Å². The van der Waals surface area contributed by atoms with Crippen LogP contribution in [0.3, 0.4) is 0 Å². The van der Waals surface area contributed by atoms with Gasteiger partial charge in [0.15, 0.2) is 5.82 Å². The number of halogens is 2.